The van der Waals surface area contributed by atoms with E-state index in [9.17, 15) is 4.79 Å². The van der Waals surface area contributed by atoms with E-state index in [0.717, 1.165) is 58.0 Å². The number of piperidine rings is 1. The van der Waals surface area contributed by atoms with Crippen LogP contribution in [0.3, 0.4) is 0 Å². The quantitative estimate of drug-likeness (QED) is 0.621. The molecule has 2 unspecified atom stereocenters. The first-order valence-electron chi connectivity index (χ1n) is 10.2. The van der Waals surface area contributed by atoms with Gasteiger partial charge in [-0.3, -0.25) is 10.1 Å². The highest BCUT2D eigenvalue weighted by atomic mass is 16.2. The Morgan fingerprint density at radius 3 is 2.67 bits per heavy atom. The fourth-order valence-electron chi connectivity index (χ4n) is 4.51. The summed E-state index contributed by atoms with van der Waals surface area (Å²) < 4.78 is 0. The standard InChI is InChI=1S/C21H29N5O/c22-20(25-21-23-18-9-5-4-8-17(18)19(27)24-21)26-12-10-16(11-13-26)14-15-6-2-1-3-7-15/h1-3,6-7,16-18H,4-5,8-14H2,(H3,22,23,24,25,27). The highest BCUT2D eigenvalue weighted by Gasteiger charge is 2.35. The van der Waals surface area contributed by atoms with E-state index in [1.54, 1.807) is 0 Å². The van der Waals surface area contributed by atoms with Crippen LogP contribution in [0.4, 0.5) is 0 Å². The highest BCUT2D eigenvalue weighted by Crippen LogP contribution is 2.29. The van der Waals surface area contributed by atoms with E-state index in [0.29, 0.717) is 17.8 Å². The molecule has 0 spiro atoms. The van der Waals surface area contributed by atoms with Gasteiger partial charge in [0.15, 0.2) is 5.96 Å². The second kappa shape index (κ2) is 8.11. The van der Waals surface area contributed by atoms with E-state index < -0.39 is 0 Å². The van der Waals surface area contributed by atoms with Crippen molar-refractivity contribution >= 4 is 17.8 Å². The molecule has 1 saturated heterocycles. The molecule has 27 heavy (non-hydrogen) atoms. The summed E-state index contributed by atoms with van der Waals surface area (Å²) in [6.45, 7) is 1.81. The Balaban J connectivity index is 1.34. The van der Waals surface area contributed by atoms with E-state index in [2.05, 4.69) is 50.5 Å². The van der Waals surface area contributed by atoms with Crippen LogP contribution in [0.15, 0.2) is 40.3 Å². The summed E-state index contributed by atoms with van der Waals surface area (Å²) in [7, 11) is 0. The van der Waals surface area contributed by atoms with Crippen LogP contribution in [0.2, 0.25) is 0 Å². The Bertz CT molecular complexity index is 721. The van der Waals surface area contributed by atoms with Crippen molar-refractivity contribution in [1.82, 2.24) is 10.2 Å². The van der Waals surface area contributed by atoms with Crippen molar-refractivity contribution in [1.29, 1.82) is 0 Å². The third kappa shape index (κ3) is 4.31. The average molecular weight is 367 g/mol. The molecule has 1 aliphatic carbocycles. The van der Waals surface area contributed by atoms with Gasteiger partial charge in [-0.15, -0.1) is 0 Å². The number of nitrogens with two attached hydrogens (primary N) is 1. The molecule has 144 valence electrons. The fraction of sp³-hybridized carbons (Fsp3) is 0.571. The smallest absolute Gasteiger partial charge is 0.231 e. The van der Waals surface area contributed by atoms with Gasteiger partial charge < -0.3 is 10.6 Å². The molecule has 1 aromatic rings. The first-order chi connectivity index (χ1) is 13.2. The van der Waals surface area contributed by atoms with E-state index in [1.165, 1.54) is 5.56 Å². The molecule has 1 aromatic carbocycles. The third-order valence-electron chi connectivity index (χ3n) is 6.12. The molecule has 0 aromatic heterocycles. The van der Waals surface area contributed by atoms with E-state index >= 15 is 0 Å². The normalized spacial score (nSPS) is 27.0. The number of guanidine groups is 2. The summed E-state index contributed by atoms with van der Waals surface area (Å²) in [6.07, 6.45) is 7.49. The topological polar surface area (TPSA) is 83.1 Å². The van der Waals surface area contributed by atoms with Crippen molar-refractivity contribution in [3.05, 3.63) is 35.9 Å². The van der Waals surface area contributed by atoms with Gasteiger partial charge in [-0.1, -0.05) is 43.2 Å². The molecule has 0 bridgehead atoms. The van der Waals surface area contributed by atoms with Gasteiger partial charge in [0, 0.05) is 13.1 Å². The second-order valence-electron chi connectivity index (χ2n) is 7.99. The lowest BCUT2D eigenvalue weighted by molar-refractivity contribution is -0.125. The van der Waals surface area contributed by atoms with Gasteiger partial charge in [-0.05, 0) is 43.6 Å². The number of carbonyl (C=O) groups is 1. The Hall–Kier alpha value is -2.37. The number of carbonyl (C=O) groups excluding carboxylic acids is 1. The van der Waals surface area contributed by atoms with Crippen LogP contribution in [-0.4, -0.2) is 41.9 Å². The Morgan fingerprint density at radius 1 is 1.15 bits per heavy atom. The van der Waals surface area contributed by atoms with Crippen LogP contribution in [0.1, 0.15) is 44.1 Å². The zero-order valence-electron chi connectivity index (χ0n) is 15.8. The van der Waals surface area contributed by atoms with E-state index in [4.69, 9.17) is 5.73 Å². The lowest BCUT2D eigenvalue weighted by Gasteiger charge is -2.34. The number of amides is 1. The molecule has 1 amide bonds. The monoisotopic (exact) mass is 367 g/mol. The van der Waals surface area contributed by atoms with Crippen LogP contribution in [0, 0.1) is 11.8 Å². The van der Waals surface area contributed by atoms with Crippen LogP contribution in [0.25, 0.3) is 0 Å². The molecule has 3 N–H and O–H groups in total. The zero-order chi connectivity index (χ0) is 18.6. The number of likely N-dealkylation sites (tertiary alicyclic amines) is 1. The number of hydrogen-bond acceptors (Lipinski definition) is 3. The van der Waals surface area contributed by atoms with Gasteiger partial charge in [-0.2, -0.15) is 4.99 Å². The molecule has 1 saturated carbocycles. The molecule has 2 atom stereocenters. The largest absolute Gasteiger partial charge is 0.369 e. The molecule has 6 heteroatoms. The fourth-order valence-corrected chi connectivity index (χ4v) is 4.51. The molecule has 4 rings (SSSR count). The highest BCUT2D eigenvalue weighted by molar-refractivity contribution is 6.04. The van der Waals surface area contributed by atoms with Gasteiger partial charge in [-0.25, -0.2) is 4.99 Å². The molecule has 0 radical (unpaired) electrons. The van der Waals surface area contributed by atoms with Crippen LogP contribution >= 0.6 is 0 Å². The van der Waals surface area contributed by atoms with Gasteiger partial charge in [0.1, 0.15) is 0 Å². The van der Waals surface area contributed by atoms with Crippen LogP contribution in [-0.2, 0) is 11.2 Å². The predicted octanol–water partition coefficient (Wildman–Crippen LogP) is 2.30. The van der Waals surface area contributed by atoms with Gasteiger partial charge in [0.2, 0.25) is 11.9 Å². The Labute approximate surface area is 160 Å². The third-order valence-corrected chi connectivity index (χ3v) is 6.12. The predicted molar refractivity (Wildman–Crippen MR) is 107 cm³/mol. The number of fused-ring (bicyclic) bond motifs is 1. The molecule has 6 nitrogen and oxygen atoms in total. The minimum absolute atomic E-state index is 0.0210. The minimum Gasteiger partial charge on any atom is -0.369 e. The minimum atomic E-state index is 0.0210. The van der Waals surface area contributed by atoms with Crippen molar-refractivity contribution in [2.45, 2.75) is 51.0 Å². The maximum atomic E-state index is 12.3. The SMILES string of the molecule is NC(=NC1=NC2CCCCC2C(=O)N1)N1CCC(Cc2ccccc2)CC1. The number of aliphatic imine (C=N–C) groups is 2. The average Bonchev–Trinajstić information content (AvgIpc) is 2.69. The van der Waals surface area contributed by atoms with Crippen molar-refractivity contribution in [3.63, 3.8) is 0 Å². The van der Waals surface area contributed by atoms with Crippen molar-refractivity contribution in [3.8, 4) is 0 Å². The molecule has 2 fully saturated rings. The van der Waals surface area contributed by atoms with Gasteiger partial charge in [0.05, 0.1) is 12.0 Å². The van der Waals surface area contributed by atoms with Gasteiger partial charge in [0.25, 0.3) is 0 Å². The summed E-state index contributed by atoms with van der Waals surface area (Å²) in [5, 5.41) is 2.84. The van der Waals surface area contributed by atoms with Gasteiger partial charge >= 0.3 is 0 Å². The van der Waals surface area contributed by atoms with Crippen molar-refractivity contribution < 1.29 is 4.79 Å². The molecular formula is C21H29N5O. The number of hydrogen-bond donors (Lipinski definition) is 2. The van der Waals surface area contributed by atoms with E-state index in [1.807, 2.05) is 0 Å². The lowest BCUT2D eigenvalue weighted by Crippen LogP contribution is -2.48. The number of nitrogens with zero attached hydrogens (tertiary/aromatic N) is 3. The van der Waals surface area contributed by atoms with Crippen LogP contribution < -0.4 is 11.1 Å². The molecule has 2 heterocycles. The molecular weight excluding hydrogens is 338 g/mol. The number of rotatable bonds is 2. The summed E-state index contributed by atoms with van der Waals surface area (Å²) >= 11 is 0. The first-order valence-corrected chi connectivity index (χ1v) is 10.2. The zero-order valence-corrected chi connectivity index (χ0v) is 15.8. The Kier molecular flexibility index (Phi) is 5.41. The summed E-state index contributed by atoms with van der Waals surface area (Å²) in [4.78, 5) is 23.5. The Morgan fingerprint density at radius 2 is 1.89 bits per heavy atom. The summed E-state index contributed by atoms with van der Waals surface area (Å²) in [6, 6.07) is 10.7. The van der Waals surface area contributed by atoms with Crippen LogP contribution in [0.5, 0.6) is 0 Å². The molecule has 3 aliphatic rings. The molecule has 2 aliphatic heterocycles. The first kappa shape index (κ1) is 18.0. The second-order valence-corrected chi connectivity index (χ2v) is 7.99. The number of nitrogens with one attached hydrogen (secondary N) is 1. The van der Waals surface area contributed by atoms with Crippen molar-refractivity contribution in [2.75, 3.05) is 13.1 Å². The maximum absolute atomic E-state index is 12.3. The number of benzene rings is 1. The van der Waals surface area contributed by atoms with E-state index in [-0.39, 0.29) is 17.9 Å². The summed E-state index contributed by atoms with van der Waals surface area (Å²) in [5.41, 5.74) is 7.64. The van der Waals surface area contributed by atoms with Crippen molar-refractivity contribution in [2.24, 2.45) is 27.6 Å². The lowest BCUT2D eigenvalue weighted by atomic mass is 9.83. The summed E-state index contributed by atoms with van der Waals surface area (Å²) in [5.74, 6) is 1.63. The maximum Gasteiger partial charge on any atom is 0.231 e.